The van der Waals surface area contributed by atoms with Crippen molar-refractivity contribution < 1.29 is 9.21 Å². The summed E-state index contributed by atoms with van der Waals surface area (Å²) >= 11 is 6.04. The average molecular weight is 392 g/mol. The molecule has 7 nitrogen and oxygen atoms in total. The third-order valence-corrected chi connectivity index (χ3v) is 5.13. The smallest absolute Gasteiger partial charge is 0.247 e. The van der Waals surface area contributed by atoms with E-state index in [2.05, 4.69) is 26.9 Å². The van der Waals surface area contributed by atoms with Crippen molar-refractivity contribution in [2.45, 2.75) is 19.4 Å². The molecule has 1 unspecified atom stereocenters. The number of rotatable bonds is 5. The minimum Gasteiger partial charge on any atom is -0.419 e. The van der Waals surface area contributed by atoms with Crippen LogP contribution in [0.5, 0.6) is 0 Å². The zero-order chi connectivity index (χ0) is 19.4. The molecule has 2 heterocycles. The topological polar surface area (TPSA) is 65.7 Å². The summed E-state index contributed by atoms with van der Waals surface area (Å²) in [7, 11) is 3.59. The quantitative estimate of drug-likeness (QED) is 0.780. The Kier molecular flexibility index (Phi) is 6.46. The van der Waals surface area contributed by atoms with E-state index < -0.39 is 0 Å². The van der Waals surface area contributed by atoms with Gasteiger partial charge < -0.3 is 9.32 Å². The molecule has 1 saturated heterocycles. The maximum absolute atomic E-state index is 11.9. The molecule has 1 aromatic heterocycles. The second-order valence-corrected chi connectivity index (χ2v) is 7.52. The van der Waals surface area contributed by atoms with Gasteiger partial charge in [0.05, 0.1) is 12.6 Å². The van der Waals surface area contributed by atoms with Gasteiger partial charge in [-0.15, -0.1) is 10.2 Å². The first-order chi connectivity index (χ1) is 12.9. The van der Waals surface area contributed by atoms with Gasteiger partial charge in [0.2, 0.25) is 17.7 Å². The average Bonchev–Trinajstić information content (AvgIpc) is 3.02. The predicted molar refractivity (Wildman–Crippen MR) is 104 cm³/mol. The third kappa shape index (κ3) is 5.06. The van der Waals surface area contributed by atoms with Gasteiger partial charge in [0.25, 0.3) is 0 Å². The molecule has 1 amide bonds. The first kappa shape index (κ1) is 19.8. The summed E-state index contributed by atoms with van der Waals surface area (Å²) in [5, 5.41) is 9.06. The van der Waals surface area contributed by atoms with E-state index in [9.17, 15) is 4.79 Å². The number of halogens is 1. The van der Waals surface area contributed by atoms with E-state index in [0.717, 1.165) is 38.2 Å². The molecular weight excluding hydrogens is 366 g/mol. The van der Waals surface area contributed by atoms with Crippen LogP contribution in [-0.2, 0) is 4.79 Å². The number of benzene rings is 1. The molecule has 1 fully saturated rings. The van der Waals surface area contributed by atoms with Gasteiger partial charge in [-0.1, -0.05) is 17.7 Å². The van der Waals surface area contributed by atoms with E-state index in [1.165, 1.54) is 0 Å². The highest BCUT2D eigenvalue weighted by atomic mass is 35.5. The Balaban J connectivity index is 1.63. The van der Waals surface area contributed by atoms with Crippen molar-refractivity contribution in [2.75, 3.05) is 46.8 Å². The Morgan fingerprint density at radius 1 is 1.26 bits per heavy atom. The van der Waals surface area contributed by atoms with E-state index in [0.29, 0.717) is 23.3 Å². The predicted octanol–water partition coefficient (Wildman–Crippen LogP) is 2.55. The molecule has 3 rings (SSSR count). The second kappa shape index (κ2) is 8.82. The maximum atomic E-state index is 11.9. The first-order valence-electron chi connectivity index (χ1n) is 9.20. The lowest BCUT2D eigenvalue weighted by atomic mass is 10.2. The normalized spacial score (nSPS) is 17.5. The van der Waals surface area contributed by atoms with Crippen molar-refractivity contribution in [1.82, 2.24) is 24.9 Å². The van der Waals surface area contributed by atoms with Gasteiger partial charge >= 0.3 is 0 Å². The zero-order valence-corrected chi connectivity index (χ0v) is 16.8. The number of amides is 1. The fraction of sp³-hybridized carbons (Fsp3) is 0.526. The van der Waals surface area contributed by atoms with Crippen LogP contribution in [0.15, 0.2) is 28.7 Å². The molecule has 0 radical (unpaired) electrons. The first-order valence-corrected chi connectivity index (χ1v) is 9.57. The number of hydrogen-bond acceptors (Lipinski definition) is 6. The van der Waals surface area contributed by atoms with E-state index in [-0.39, 0.29) is 11.9 Å². The Labute approximate surface area is 164 Å². The van der Waals surface area contributed by atoms with Crippen LogP contribution in [0.3, 0.4) is 0 Å². The summed E-state index contributed by atoms with van der Waals surface area (Å²) in [4.78, 5) is 18.1. The Hall–Kier alpha value is -1.96. The number of carbonyl (C=O) groups is 1. The van der Waals surface area contributed by atoms with Crippen LogP contribution in [-0.4, -0.2) is 77.6 Å². The molecule has 8 heteroatoms. The van der Waals surface area contributed by atoms with E-state index in [1.807, 2.05) is 24.3 Å². The molecule has 0 saturated carbocycles. The zero-order valence-electron chi connectivity index (χ0n) is 16.1. The van der Waals surface area contributed by atoms with Crippen LogP contribution < -0.4 is 0 Å². The fourth-order valence-electron chi connectivity index (χ4n) is 3.17. The molecule has 1 aromatic carbocycles. The lowest BCUT2D eigenvalue weighted by Crippen LogP contribution is -2.39. The van der Waals surface area contributed by atoms with Gasteiger partial charge in [-0.05, 0) is 38.1 Å². The molecule has 1 atom stereocenters. The van der Waals surface area contributed by atoms with Crippen molar-refractivity contribution in [3.05, 3.63) is 35.2 Å². The highest BCUT2D eigenvalue weighted by Gasteiger charge is 2.25. The Bertz CT molecular complexity index is 779. The molecule has 0 bridgehead atoms. The summed E-state index contributed by atoms with van der Waals surface area (Å²) < 4.78 is 5.91. The van der Waals surface area contributed by atoms with E-state index >= 15 is 0 Å². The lowest BCUT2D eigenvalue weighted by molar-refractivity contribution is -0.129. The Morgan fingerprint density at radius 2 is 2.07 bits per heavy atom. The van der Waals surface area contributed by atoms with Crippen LogP contribution in [0.1, 0.15) is 25.3 Å². The lowest BCUT2D eigenvalue weighted by Gasteiger charge is -2.25. The van der Waals surface area contributed by atoms with E-state index in [4.69, 9.17) is 16.0 Å². The second-order valence-electron chi connectivity index (χ2n) is 7.09. The molecule has 0 N–H and O–H groups in total. The molecule has 2 aromatic rings. The molecule has 146 valence electrons. The van der Waals surface area contributed by atoms with Crippen LogP contribution in [0, 0.1) is 0 Å². The molecule has 0 aliphatic carbocycles. The largest absolute Gasteiger partial charge is 0.419 e. The summed E-state index contributed by atoms with van der Waals surface area (Å²) in [5.41, 5.74) is 0.817. The monoisotopic (exact) mass is 391 g/mol. The standard InChI is InChI=1S/C19H26ClN5O2/c1-14(18-21-22-19(27-18)15-6-4-7-16(20)12-15)25-9-5-8-24(10-11-25)13-17(26)23(2)3/h4,6-7,12,14H,5,8-11,13H2,1-3H3. The highest BCUT2D eigenvalue weighted by molar-refractivity contribution is 6.30. The van der Waals surface area contributed by atoms with Crippen molar-refractivity contribution >= 4 is 17.5 Å². The summed E-state index contributed by atoms with van der Waals surface area (Å²) in [6.45, 7) is 6.10. The fourth-order valence-corrected chi connectivity index (χ4v) is 3.36. The van der Waals surface area contributed by atoms with Crippen molar-refractivity contribution in [3.8, 4) is 11.5 Å². The summed E-state index contributed by atoms with van der Waals surface area (Å²) in [6.07, 6.45) is 1.00. The molecule has 27 heavy (non-hydrogen) atoms. The van der Waals surface area contributed by atoms with Gasteiger partial charge in [-0.3, -0.25) is 14.6 Å². The van der Waals surface area contributed by atoms with Crippen LogP contribution in [0.2, 0.25) is 5.02 Å². The van der Waals surface area contributed by atoms with Crippen molar-refractivity contribution in [3.63, 3.8) is 0 Å². The van der Waals surface area contributed by atoms with Gasteiger partial charge in [0.1, 0.15) is 0 Å². The number of likely N-dealkylation sites (N-methyl/N-ethyl adjacent to an activating group) is 1. The van der Waals surface area contributed by atoms with Crippen molar-refractivity contribution in [1.29, 1.82) is 0 Å². The minimum atomic E-state index is 0.0231. The van der Waals surface area contributed by atoms with Crippen molar-refractivity contribution in [2.24, 2.45) is 0 Å². The van der Waals surface area contributed by atoms with E-state index in [1.54, 1.807) is 19.0 Å². The van der Waals surface area contributed by atoms with Gasteiger partial charge in [-0.25, -0.2) is 0 Å². The van der Waals surface area contributed by atoms with Gasteiger partial charge in [0, 0.05) is 44.3 Å². The number of hydrogen-bond donors (Lipinski definition) is 0. The van der Waals surface area contributed by atoms with Gasteiger partial charge in [0.15, 0.2) is 0 Å². The molecule has 1 aliphatic rings. The molecule has 1 aliphatic heterocycles. The number of nitrogens with zero attached hydrogens (tertiary/aromatic N) is 5. The SMILES string of the molecule is CC(c1nnc(-c2cccc(Cl)c2)o1)N1CCCN(CC(=O)N(C)C)CC1. The maximum Gasteiger partial charge on any atom is 0.247 e. The highest BCUT2D eigenvalue weighted by Crippen LogP contribution is 2.26. The van der Waals surface area contributed by atoms with Crippen LogP contribution in [0.4, 0.5) is 0 Å². The molecular formula is C19H26ClN5O2. The Morgan fingerprint density at radius 3 is 2.81 bits per heavy atom. The molecule has 0 spiro atoms. The third-order valence-electron chi connectivity index (χ3n) is 4.90. The van der Waals surface area contributed by atoms with Crippen LogP contribution >= 0.6 is 11.6 Å². The summed E-state index contributed by atoms with van der Waals surface area (Å²) in [6, 6.07) is 7.42. The summed E-state index contributed by atoms with van der Waals surface area (Å²) in [5.74, 6) is 1.22. The van der Waals surface area contributed by atoms with Gasteiger partial charge in [-0.2, -0.15) is 0 Å². The minimum absolute atomic E-state index is 0.0231. The number of carbonyl (C=O) groups excluding carboxylic acids is 1. The van der Waals surface area contributed by atoms with Crippen LogP contribution in [0.25, 0.3) is 11.5 Å². The number of aromatic nitrogens is 2.